The summed E-state index contributed by atoms with van der Waals surface area (Å²) >= 11 is 6.26. The number of piperazine rings is 1. The van der Waals surface area contributed by atoms with Crippen LogP contribution < -0.4 is 30.9 Å². The van der Waals surface area contributed by atoms with Crippen LogP contribution in [-0.2, 0) is 9.59 Å². The lowest BCUT2D eigenvalue weighted by molar-refractivity contribution is -0.164. The average molecular weight is 808 g/mol. The molecule has 4 aliphatic rings. The molecular formula is C43H50ClN9O5. The van der Waals surface area contributed by atoms with E-state index < -0.39 is 11.9 Å². The monoisotopic (exact) mass is 807 g/mol. The second kappa shape index (κ2) is 15.4. The van der Waals surface area contributed by atoms with Crippen LogP contribution in [0.4, 0.5) is 17.1 Å². The van der Waals surface area contributed by atoms with E-state index in [1.54, 1.807) is 24.4 Å². The fraction of sp³-hybridized carbons (Fsp3) is 0.488. The van der Waals surface area contributed by atoms with Crippen LogP contribution in [0.25, 0.3) is 10.5 Å². The number of rotatable bonds is 9. The third-order valence-electron chi connectivity index (χ3n) is 12.8. The Morgan fingerprint density at radius 1 is 0.914 bits per heavy atom. The van der Waals surface area contributed by atoms with Crippen molar-refractivity contribution in [3.05, 3.63) is 93.3 Å². The van der Waals surface area contributed by atoms with Gasteiger partial charge < -0.3 is 19.9 Å². The minimum absolute atomic E-state index is 0.102. The van der Waals surface area contributed by atoms with Gasteiger partial charge in [0.15, 0.2) is 5.65 Å². The van der Waals surface area contributed by atoms with Crippen LogP contribution in [0.2, 0.25) is 5.02 Å². The smallest absolute Gasteiger partial charge is 0.351 e. The number of amides is 3. The number of nitrogens with zero attached hydrogens (tertiary/aromatic N) is 7. The third-order valence-corrected chi connectivity index (χ3v) is 13.1. The summed E-state index contributed by atoms with van der Waals surface area (Å²) in [4.78, 5) is 61.4. The molecule has 3 aliphatic heterocycles. The number of halogens is 1. The molecule has 15 heteroatoms. The Morgan fingerprint density at radius 2 is 1.59 bits per heavy atom. The number of ether oxygens (including phenoxy) is 1. The van der Waals surface area contributed by atoms with Crippen LogP contribution in [0, 0.1) is 23.3 Å². The number of imide groups is 1. The fourth-order valence-corrected chi connectivity index (χ4v) is 10.1. The summed E-state index contributed by atoms with van der Waals surface area (Å²) in [6.07, 6.45) is 4.28. The summed E-state index contributed by atoms with van der Waals surface area (Å²) in [7, 11) is 0. The topological polar surface area (TPSA) is 138 Å². The number of fused-ring (bicyclic) bond motifs is 1. The van der Waals surface area contributed by atoms with Crippen molar-refractivity contribution in [3.8, 4) is 5.75 Å². The van der Waals surface area contributed by atoms with E-state index in [4.69, 9.17) is 22.9 Å². The van der Waals surface area contributed by atoms with Crippen molar-refractivity contribution in [2.75, 3.05) is 55.6 Å². The number of hydrogen-bond acceptors (Lipinski definition) is 9. The number of pyridine rings is 1. The second-order valence-electron chi connectivity index (χ2n) is 17.3. The Balaban J connectivity index is 0.796. The highest BCUT2D eigenvalue weighted by Gasteiger charge is 2.64. The van der Waals surface area contributed by atoms with Crippen LogP contribution in [0.15, 0.2) is 65.6 Å². The van der Waals surface area contributed by atoms with Crippen molar-refractivity contribution in [1.29, 1.82) is 0 Å². The molecule has 8 rings (SSSR count). The molecule has 0 spiro atoms. The zero-order valence-electron chi connectivity index (χ0n) is 33.4. The molecule has 1 aliphatic carbocycles. The molecule has 14 nitrogen and oxygen atoms in total. The van der Waals surface area contributed by atoms with Crippen LogP contribution in [0.1, 0.15) is 69.8 Å². The van der Waals surface area contributed by atoms with Gasteiger partial charge in [0, 0.05) is 86.6 Å². The average Bonchev–Trinajstić information content (AvgIpc) is 3.54. The number of carbonyl (C=O) groups excluding carboxylic acids is 3. The molecule has 1 atom stereocenters. The number of carbonyl (C=O) groups is 3. The minimum atomic E-state index is -0.789. The molecule has 0 radical (unpaired) electrons. The summed E-state index contributed by atoms with van der Waals surface area (Å²) in [6.45, 7) is 22.2. The quantitative estimate of drug-likeness (QED) is 0.170. The molecule has 304 valence electrons. The molecule has 2 N–H and O–H groups in total. The first-order chi connectivity index (χ1) is 27.7. The first-order valence-corrected chi connectivity index (χ1v) is 20.5. The normalized spacial score (nSPS) is 23.6. The van der Waals surface area contributed by atoms with E-state index in [1.165, 1.54) is 9.08 Å². The molecule has 2 aromatic heterocycles. The van der Waals surface area contributed by atoms with E-state index in [0.29, 0.717) is 33.6 Å². The highest BCUT2D eigenvalue weighted by molar-refractivity contribution is 6.33. The molecule has 4 aromatic rings. The molecule has 3 amide bonds. The Kier molecular flexibility index (Phi) is 10.5. The van der Waals surface area contributed by atoms with Gasteiger partial charge in [0.25, 0.3) is 11.8 Å². The van der Waals surface area contributed by atoms with E-state index in [-0.39, 0.29) is 53.3 Å². The maximum atomic E-state index is 13.5. The highest BCUT2D eigenvalue weighted by Crippen LogP contribution is 2.55. The van der Waals surface area contributed by atoms with Gasteiger partial charge in [-0.25, -0.2) is 14.0 Å². The summed E-state index contributed by atoms with van der Waals surface area (Å²) in [6, 6.07) is 15.9. The van der Waals surface area contributed by atoms with Gasteiger partial charge in [0.2, 0.25) is 11.6 Å². The SMILES string of the molecule is [C-]#[N+]c1ccc(OC2C(C)(C)C(NC(=O)c3ccc(N4CCC(CN5CCN(c6ccc7nn(C8CCC(=O)NC8=O)c(=O)n7c6)CC5)CC4)cc3)C2(C)C)cc1Cl. The van der Waals surface area contributed by atoms with Crippen LogP contribution in [0.5, 0.6) is 5.75 Å². The van der Waals surface area contributed by atoms with Gasteiger partial charge >= 0.3 is 5.69 Å². The van der Waals surface area contributed by atoms with Crippen molar-refractivity contribution >= 4 is 52.0 Å². The van der Waals surface area contributed by atoms with E-state index in [0.717, 1.165) is 70.0 Å². The predicted molar refractivity (Wildman–Crippen MR) is 222 cm³/mol. The lowest BCUT2D eigenvalue weighted by Gasteiger charge is -2.63. The maximum Gasteiger partial charge on any atom is 0.351 e. The second-order valence-corrected chi connectivity index (χ2v) is 17.8. The lowest BCUT2D eigenvalue weighted by Crippen LogP contribution is -2.74. The molecule has 1 saturated carbocycles. The zero-order valence-corrected chi connectivity index (χ0v) is 34.2. The first kappa shape index (κ1) is 39.4. The van der Waals surface area contributed by atoms with E-state index >= 15 is 0 Å². The van der Waals surface area contributed by atoms with Crippen LogP contribution in [0.3, 0.4) is 0 Å². The van der Waals surface area contributed by atoms with Gasteiger partial charge in [-0.2, -0.15) is 4.68 Å². The van der Waals surface area contributed by atoms with Crippen molar-refractivity contribution in [3.63, 3.8) is 0 Å². The van der Waals surface area contributed by atoms with Crippen LogP contribution >= 0.6 is 11.6 Å². The van der Waals surface area contributed by atoms with E-state index in [9.17, 15) is 19.2 Å². The lowest BCUT2D eigenvalue weighted by atomic mass is 9.49. The number of piperidine rings is 2. The number of anilines is 2. The predicted octanol–water partition coefficient (Wildman–Crippen LogP) is 5.33. The minimum Gasteiger partial charge on any atom is -0.489 e. The highest BCUT2D eigenvalue weighted by atomic mass is 35.5. The Labute approximate surface area is 342 Å². The molecule has 1 unspecified atom stereocenters. The molecule has 58 heavy (non-hydrogen) atoms. The van der Waals surface area contributed by atoms with Crippen molar-refractivity contribution in [2.45, 2.75) is 71.6 Å². The summed E-state index contributed by atoms with van der Waals surface area (Å²) in [5, 5.41) is 10.4. The summed E-state index contributed by atoms with van der Waals surface area (Å²) in [5.41, 5.74) is 2.49. The third kappa shape index (κ3) is 7.41. The van der Waals surface area contributed by atoms with Crippen LogP contribution in [-0.4, -0.2) is 94.8 Å². The molecule has 0 bridgehead atoms. The Bertz CT molecular complexity index is 2320. The van der Waals surface area contributed by atoms with Gasteiger partial charge in [-0.1, -0.05) is 45.4 Å². The first-order valence-electron chi connectivity index (χ1n) is 20.1. The van der Waals surface area contributed by atoms with E-state index in [2.05, 4.69) is 75.1 Å². The largest absolute Gasteiger partial charge is 0.489 e. The zero-order chi connectivity index (χ0) is 40.9. The fourth-order valence-electron chi connectivity index (χ4n) is 9.84. The van der Waals surface area contributed by atoms with Gasteiger partial charge in [0.05, 0.1) is 17.3 Å². The van der Waals surface area contributed by atoms with Crippen molar-refractivity contribution < 1.29 is 19.1 Å². The summed E-state index contributed by atoms with van der Waals surface area (Å²) < 4.78 is 9.08. The van der Waals surface area contributed by atoms with Gasteiger partial charge in [-0.15, -0.1) is 5.10 Å². The molecule has 3 saturated heterocycles. The number of nitrogens with one attached hydrogen (secondary N) is 2. The van der Waals surface area contributed by atoms with Gasteiger partial charge in [0.1, 0.15) is 17.9 Å². The Morgan fingerprint density at radius 3 is 2.24 bits per heavy atom. The van der Waals surface area contributed by atoms with Crippen molar-refractivity contribution in [2.24, 2.45) is 16.7 Å². The van der Waals surface area contributed by atoms with Crippen molar-refractivity contribution in [1.82, 2.24) is 29.7 Å². The molecule has 4 fully saturated rings. The summed E-state index contributed by atoms with van der Waals surface area (Å²) in [5.74, 6) is 0.298. The Hall–Kier alpha value is -5.39. The molecule has 5 heterocycles. The molecular weight excluding hydrogens is 758 g/mol. The number of hydrogen-bond donors (Lipinski definition) is 2. The van der Waals surface area contributed by atoms with E-state index in [1.807, 2.05) is 24.3 Å². The van der Waals surface area contributed by atoms with Gasteiger partial charge in [-0.05, 0) is 73.7 Å². The number of benzene rings is 2. The number of aromatic nitrogens is 3. The standard InChI is InChI=1S/C43H50ClN9O5/c1-42(2)39(43(3,4)40(42)58-31-11-12-33(45-5)32(44)24-31)47-37(55)28-6-8-29(9-7-28)50-18-16-27(17-19-50)25-49-20-22-51(23-21-49)30-10-14-35-48-53(41(57)52(35)26-30)34-13-15-36(54)46-38(34)56/h6-12,14,24,26-27,34,39-40H,13,15-23,25H2,1-4H3,(H,47,55)(H,46,54,56). The molecule has 2 aromatic carbocycles. The van der Waals surface area contributed by atoms with Gasteiger partial charge in [-0.3, -0.25) is 24.6 Å². The maximum absolute atomic E-state index is 13.5.